The van der Waals surface area contributed by atoms with Gasteiger partial charge in [0.25, 0.3) is 5.97 Å². The van der Waals surface area contributed by atoms with Crippen molar-refractivity contribution in [2.75, 3.05) is 0 Å². The summed E-state index contributed by atoms with van der Waals surface area (Å²) in [5.74, 6) is -0.833. The predicted molar refractivity (Wildman–Crippen MR) is 53.7 cm³/mol. The molecule has 1 aliphatic heterocycles. The van der Waals surface area contributed by atoms with Crippen LogP contribution in [0, 0.1) is 5.21 Å². The Morgan fingerprint density at radius 3 is 1.81 bits per heavy atom. The zero-order valence-electron chi connectivity index (χ0n) is 10.3. The standard InChI is InChI=1S/C7H13N2O2.C2H4O2.Hg/c1-6(2)7(3,4)9(11)5-8(6)10;1-2(3)4;/h10H,1-4H3;1H3,(H,3,4);. The second-order valence-corrected chi connectivity index (χ2v) is 7.12. The van der Waals surface area contributed by atoms with Crippen molar-refractivity contribution in [3.63, 3.8) is 0 Å². The first kappa shape index (κ1) is 15.6. The van der Waals surface area contributed by atoms with E-state index in [2.05, 4.69) is 0 Å². The van der Waals surface area contributed by atoms with E-state index in [-0.39, 0.29) is 26.1 Å². The van der Waals surface area contributed by atoms with Crippen LogP contribution in [0.5, 0.6) is 0 Å². The molecule has 6 nitrogen and oxygen atoms in total. The molecule has 1 heterocycles. The number of carboxylic acid groups (broad SMARTS) is 1. The van der Waals surface area contributed by atoms with Gasteiger partial charge in [0.1, 0.15) is 0 Å². The van der Waals surface area contributed by atoms with Crippen LogP contribution in [-0.4, -0.2) is 40.5 Å². The molecule has 2 N–H and O–H groups in total. The van der Waals surface area contributed by atoms with Gasteiger partial charge < -0.3 is 5.11 Å². The molecular weight excluding hydrogens is 401 g/mol. The van der Waals surface area contributed by atoms with Crippen molar-refractivity contribution < 1.29 is 46.0 Å². The molecule has 0 aromatic rings. The van der Waals surface area contributed by atoms with Gasteiger partial charge in [-0.05, 0) is 0 Å². The molecule has 0 bridgehead atoms. The fourth-order valence-electron chi connectivity index (χ4n) is 1.24. The zero-order chi connectivity index (χ0) is 13.3. The summed E-state index contributed by atoms with van der Waals surface area (Å²) in [5, 5.41) is 29.8. The van der Waals surface area contributed by atoms with Gasteiger partial charge >= 0.3 is 88.5 Å². The van der Waals surface area contributed by atoms with Crippen LogP contribution in [0.4, 0.5) is 0 Å². The minimum absolute atomic E-state index is 0.151. The molecule has 0 saturated carbocycles. The molecule has 0 unspecified atom stereocenters. The van der Waals surface area contributed by atoms with E-state index in [0.29, 0.717) is 3.34 Å². The number of hydrogen-bond acceptors (Lipinski definition) is 4. The van der Waals surface area contributed by atoms with Gasteiger partial charge in [-0.15, -0.1) is 0 Å². The Bertz CT molecular complexity index is 321. The van der Waals surface area contributed by atoms with Crippen LogP contribution < -0.4 is 0 Å². The first-order chi connectivity index (χ1) is 6.96. The van der Waals surface area contributed by atoms with E-state index in [4.69, 9.17) is 9.90 Å². The van der Waals surface area contributed by atoms with Crippen LogP contribution in [-0.2, 0) is 30.9 Å². The van der Waals surface area contributed by atoms with Crippen molar-refractivity contribution >= 4 is 9.31 Å². The monoisotopic (exact) mass is 419 g/mol. The van der Waals surface area contributed by atoms with E-state index >= 15 is 0 Å². The summed E-state index contributed by atoms with van der Waals surface area (Å²) in [4.78, 5) is 9.00. The van der Waals surface area contributed by atoms with Crippen molar-refractivity contribution in [1.82, 2.24) is 5.06 Å². The van der Waals surface area contributed by atoms with E-state index in [0.717, 1.165) is 16.7 Å². The fourth-order valence-corrected chi connectivity index (χ4v) is 4.31. The van der Waals surface area contributed by atoms with Crippen molar-refractivity contribution in [2.24, 2.45) is 0 Å². The molecule has 0 amide bonds. The topological polar surface area (TPSA) is 86.8 Å². The van der Waals surface area contributed by atoms with Gasteiger partial charge in [-0.25, -0.2) is 0 Å². The molecule has 0 fully saturated rings. The summed E-state index contributed by atoms with van der Waals surface area (Å²) < 4.78 is 1.49. The summed E-state index contributed by atoms with van der Waals surface area (Å²) in [6, 6.07) is 0. The van der Waals surface area contributed by atoms with E-state index in [1.807, 2.05) is 27.7 Å². The van der Waals surface area contributed by atoms with Crippen molar-refractivity contribution in [3.8, 4) is 0 Å². The van der Waals surface area contributed by atoms with Crippen molar-refractivity contribution in [1.29, 1.82) is 0 Å². The van der Waals surface area contributed by atoms with Gasteiger partial charge in [0, 0.05) is 6.92 Å². The Morgan fingerprint density at radius 1 is 1.44 bits per heavy atom. The van der Waals surface area contributed by atoms with Crippen LogP contribution in [0.1, 0.15) is 34.6 Å². The molecule has 0 aromatic carbocycles. The molecule has 0 radical (unpaired) electrons. The maximum absolute atomic E-state index is 11.6. The predicted octanol–water partition coefficient (Wildman–Crippen LogP) is 0.752. The van der Waals surface area contributed by atoms with Gasteiger partial charge in [0.05, 0.1) is 0 Å². The minimum atomic E-state index is -0.833. The van der Waals surface area contributed by atoms with Gasteiger partial charge in [0.15, 0.2) is 0 Å². The average Bonchev–Trinajstić information content (AvgIpc) is 2.20. The Labute approximate surface area is 111 Å². The summed E-state index contributed by atoms with van der Waals surface area (Å²) in [7, 11) is 0. The second kappa shape index (κ2) is 4.87. The van der Waals surface area contributed by atoms with E-state index in [1.54, 1.807) is 0 Å². The quantitative estimate of drug-likeness (QED) is 0.345. The van der Waals surface area contributed by atoms with Gasteiger partial charge in [-0.2, -0.15) is 0 Å². The molecule has 0 saturated heterocycles. The fraction of sp³-hybridized carbons (Fsp3) is 0.778. The number of hydrogen-bond donors (Lipinski definition) is 2. The molecule has 0 aliphatic carbocycles. The SMILES string of the molecule is CC(=O)O.CC1(C)N(O)[C]([Hg])=[N+]([O-])C1(C)C. The van der Waals surface area contributed by atoms with Crippen molar-refractivity contribution in [3.05, 3.63) is 5.21 Å². The average molecular weight is 418 g/mol. The number of nitrogens with zero attached hydrogens (tertiary/aromatic N) is 2. The molecule has 1 aliphatic rings. The van der Waals surface area contributed by atoms with E-state index in [1.165, 1.54) is 0 Å². The van der Waals surface area contributed by atoms with E-state index in [9.17, 15) is 10.4 Å². The first-order valence-corrected chi connectivity index (χ1v) is 7.56. The maximum atomic E-state index is 11.6. The number of rotatable bonds is 0. The third-order valence-electron chi connectivity index (χ3n) is 3.01. The molecule has 89 valence electrons. The third-order valence-corrected chi connectivity index (χ3v) is 5.29. The molecule has 0 aromatic heterocycles. The third kappa shape index (κ3) is 2.65. The van der Waals surface area contributed by atoms with Crippen LogP contribution in [0.3, 0.4) is 0 Å². The zero-order valence-corrected chi connectivity index (χ0v) is 15.8. The summed E-state index contributed by atoms with van der Waals surface area (Å²) >= 11 is 0.151. The Balaban J connectivity index is 0.000000487. The Hall–Kier alpha value is -0.365. The molecule has 0 spiro atoms. The molecule has 7 heteroatoms. The second-order valence-electron chi connectivity index (χ2n) is 4.66. The molecular formula is C9H17HgN2O4. The number of amidine groups is 1. The summed E-state index contributed by atoms with van der Waals surface area (Å²) in [5.41, 5.74) is -1.04. The van der Waals surface area contributed by atoms with Gasteiger partial charge in [-0.1, -0.05) is 0 Å². The van der Waals surface area contributed by atoms with Gasteiger partial charge in [0.2, 0.25) is 0 Å². The summed E-state index contributed by atoms with van der Waals surface area (Å²) in [6.45, 7) is 8.53. The van der Waals surface area contributed by atoms with Crippen LogP contribution in [0.2, 0.25) is 0 Å². The molecule has 0 atom stereocenters. The number of carbonyl (C=O) groups is 1. The van der Waals surface area contributed by atoms with E-state index < -0.39 is 17.0 Å². The van der Waals surface area contributed by atoms with Crippen LogP contribution in [0.25, 0.3) is 0 Å². The number of carboxylic acids is 1. The van der Waals surface area contributed by atoms with Gasteiger partial charge in [-0.3, -0.25) is 4.79 Å². The number of hydroxylamine groups is 3. The normalized spacial score (nSPS) is 21.6. The van der Waals surface area contributed by atoms with Crippen LogP contribution in [0.15, 0.2) is 0 Å². The van der Waals surface area contributed by atoms with Crippen molar-refractivity contribution in [2.45, 2.75) is 45.7 Å². The first-order valence-electron chi connectivity index (χ1n) is 4.81. The molecule has 16 heavy (non-hydrogen) atoms. The Kier molecular flexibility index (Phi) is 4.76. The van der Waals surface area contributed by atoms with Crippen LogP contribution >= 0.6 is 0 Å². The molecule has 1 rings (SSSR count). The summed E-state index contributed by atoms with van der Waals surface area (Å²) in [6.07, 6.45) is 0. The number of aliphatic carboxylic acids is 1. The Morgan fingerprint density at radius 2 is 1.75 bits per heavy atom.